The van der Waals surface area contributed by atoms with Crippen molar-refractivity contribution in [1.82, 2.24) is 5.32 Å². The monoisotopic (exact) mass is 171 g/mol. The van der Waals surface area contributed by atoms with E-state index in [9.17, 15) is 0 Å². The van der Waals surface area contributed by atoms with Gasteiger partial charge < -0.3 is 5.32 Å². The molecule has 0 spiro atoms. The second kappa shape index (κ2) is 7.60. The molecule has 0 bridgehead atoms. The van der Waals surface area contributed by atoms with Gasteiger partial charge in [-0.3, -0.25) is 0 Å². The number of unbranched alkanes of at least 4 members (excludes halogenated alkanes) is 2. The van der Waals surface area contributed by atoms with Crippen molar-refractivity contribution in [3.05, 3.63) is 0 Å². The summed E-state index contributed by atoms with van der Waals surface area (Å²) in [6.45, 7) is 6.86. The molecule has 12 heavy (non-hydrogen) atoms. The first-order valence-electron chi connectivity index (χ1n) is 5.34. The molecule has 0 saturated carbocycles. The summed E-state index contributed by atoms with van der Waals surface area (Å²) < 4.78 is 0. The van der Waals surface area contributed by atoms with Crippen molar-refractivity contribution in [2.75, 3.05) is 7.05 Å². The molecule has 1 unspecified atom stereocenters. The molecule has 1 heteroatoms. The Morgan fingerprint density at radius 3 is 2.00 bits per heavy atom. The minimum Gasteiger partial charge on any atom is -0.317 e. The Kier molecular flexibility index (Phi) is 7.58. The van der Waals surface area contributed by atoms with Crippen LogP contribution in [0.2, 0.25) is 0 Å². The van der Waals surface area contributed by atoms with Crippen LogP contribution in [0.1, 0.15) is 52.9 Å². The summed E-state index contributed by atoms with van der Waals surface area (Å²) in [5.74, 6) is 0.881. The van der Waals surface area contributed by atoms with Gasteiger partial charge >= 0.3 is 0 Å². The van der Waals surface area contributed by atoms with E-state index >= 15 is 0 Å². The predicted octanol–water partition coefficient (Wildman–Crippen LogP) is 3.20. The van der Waals surface area contributed by atoms with Crippen LogP contribution >= 0.6 is 0 Å². The Balaban J connectivity index is 3.00. The zero-order valence-electron chi connectivity index (χ0n) is 9.19. The van der Waals surface area contributed by atoms with Crippen molar-refractivity contribution in [2.45, 2.75) is 58.9 Å². The fourth-order valence-corrected chi connectivity index (χ4v) is 1.32. The topological polar surface area (TPSA) is 12.0 Å². The Morgan fingerprint density at radius 1 is 0.917 bits per heavy atom. The lowest BCUT2D eigenvalue weighted by Crippen LogP contribution is -2.20. The largest absolute Gasteiger partial charge is 0.317 e. The van der Waals surface area contributed by atoms with Crippen LogP contribution in [0.3, 0.4) is 0 Å². The summed E-state index contributed by atoms with van der Waals surface area (Å²) in [6, 6.07) is 0.698. The molecule has 0 rings (SSSR count). The van der Waals surface area contributed by atoms with Gasteiger partial charge in [0.25, 0.3) is 0 Å². The van der Waals surface area contributed by atoms with Crippen LogP contribution < -0.4 is 5.32 Å². The van der Waals surface area contributed by atoms with Gasteiger partial charge in [-0.1, -0.05) is 39.5 Å². The van der Waals surface area contributed by atoms with Crippen molar-refractivity contribution in [1.29, 1.82) is 0 Å². The maximum absolute atomic E-state index is 3.26. The summed E-state index contributed by atoms with van der Waals surface area (Å²) in [5.41, 5.74) is 0. The molecule has 0 amide bonds. The molecule has 0 aromatic rings. The highest BCUT2D eigenvalue weighted by atomic mass is 14.8. The molecule has 0 radical (unpaired) electrons. The molecule has 74 valence electrons. The lowest BCUT2D eigenvalue weighted by molar-refractivity contribution is 0.485. The average molecular weight is 171 g/mol. The first-order valence-corrected chi connectivity index (χ1v) is 5.34. The second-order valence-corrected chi connectivity index (χ2v) is 4.22. The highest BCUT2D eigenvalue weighted by Gasteiger charge is 1.98. The smallest absolute Gasteiger partial charge is 0.00357 e. The minimum atomic E-state index is 0.698. The summed E-state index contributed by atoms with van der Waals surface area (Å²) in [7, 11) is 2.04. The lowest BCUT2D eigenvalue weighted by Gasteiger charge is -2.09. The minimum absolute atomic E-state index is 0.698. The fourth-order valence-electron chi connectivity index (χ4n) is 1.32. The maximum atomic E-state index is 3.26. The van der Waals surface area contributed by atoms with E-state index in [1.807, 2.05) is 7.05 Å². The van der Waals surface area contributed by atoms with Crippen molar-refractivity contribution in [2.24, 2.45) is 5.92 Å². The quantitative estimate of drug-likeness (QED) is 0.580. The maximum Gasteiger partial charge on any atom is 0.00357 e. The third kappa shape index (κ3) is 8.06. The molecule has 1 atom stereocenters. The van der Waals surface area contributed by atoms with Gasteiger partial charge in [-0.15, -0.1) is 0 Å². The van der Waals surface area contributed by atoms with E-state index in [2.05, 4.69) is 26.1 Å². The second-order valence-electron chi connectivity index (χ2n) is 4.22. The van der Waals surface area contributed by atoms with Crippen molar-refractivity contribution in [3.8, 4) is 0 Å². The van der Waals surface area contributed by atoms with Gasteiger partial charge in [-0.05, 0) is 26.3 Å². The van der Waals surface area contributed by atoms with Gasteiger partial charge in [0.15, 0.2) is 0 Å². The molecule has 1 nitrogen and oxygen atoms in total. The summed E-state index contributed by atoms with van der Waals surface area (Å²) in [4.78, 5) is 0. The van der Waals surface area contributed by atoms with E-state index in [0.717, 1.165) is 5.92 Å². The summed E-state index contributed by atoms with van der Waals surface area (Å²) in [5, 5.41) is 3.26. The van der Waals surface area contributed by atoms with Crippen LogP contribution in [0.25, 0.3) is 0 Å². The van der Waals surface area contributed by atoms with Crippen molar-refractivity contribution >= 4 is 0 Å². The molecule has 0 heterocycles. The molecular formula is C11H25N. The van der Waals surface area contributed by atoms with Gasteiger partial charge in [0.2, 0.25) is 0 Å². The van der Waals surface area contributed by atoms with Crippen LogP contribution in [0.4, 0.5) is 0 Å². The molecule has 0 aromatic carbocycles. The van der Waals surface area contributed by atoms with Crippen LogP contribution in [0.5, 0.6) is 0 Å². The van der Waals surface area contributed by atoms with Crippen molar-refractivity contribution in [3.63, 3.8) is 0 Å². The normalized spacial score (nSPS) is 13.8. The molecule has 0 aliphatic heterocycles. The van der Waals surface area contributed by atoms with Gasteiger partial charge in [0.1, 0.15) is 0 Å². The van der Waals surface area contributed by atoms with E-state index in [1.54, 1.807) is 0 Å². The Morgan fingerprint density at radius 2 is 1.50 bits per heavy atom. The van der Waals surface area contributed by atoms with Crippen molar-refractivity contribution < 1.29 is 0 Å². The number of hydrogen-bond donors (Lipinski definition) is 1. The molecule has 0 saturated heterocycles. The molecular weight excluding hydrogens is 146 g/mol. The average Bonchev–Trinajstić information content (AvgIpc) is 2.03. The van der Waals surface area contributed by atoms with Gasteiger partial charge in [-0.2, -0.15) is 0 Å². The van der Waals surface area contributed by atoms with Crippen LogP contribution in [0.15, 0.2) is 0 Å². The zero-order valence-corrected chi connectivity index (χ0v) is 9.19. The third-order valence-corrected chi connectivity index (χ3v) is 2.41. The Hall–Kier alpha value is -0.0400. The number of nitrogens with one attached hydrogen (secondary N) is 1. The highest BCUT2D eigenvalue weighted by Crippen LogP contribution is 2.10. The predicted molar refractivity (Wildman–Crippen MR) is 56.4 cm³/mol. The van der Waals surface area contributed by atoms with E-state index in [0.29, 0.717) is 6.04 Å². The summed E-state index contributed by atoms with van der Waals surface area (Å²) in [6.07, 6.45) is 6.93. The molecule has 0 aliphatic rings. The van der Waals surface area contributed by atoms with Gasteiger partial charge in [0.05, 0.1) is 0 Å². The van der Waals surface area contributed by atoms with Gasteiger partial charge in [-0.25, -0.2) is 0 Å². The first kappa shape index (κ1) is 12.0. The molecule has 0 aromatic heterocycles. The Labute approximate surface area is 77.9 Å². The standard InChI is InChI=1S/C11H25N/c1-10(2)8-6-5-7-9-11(3)12-4/h10-12H,5-9H2,1-4H3. The highest BCUT2D eigenvalue weighted by molar-refractivity contribution is 4.57. The summed E-state index contributed by atoms with van der Waals surface area (Å²) >= 11 is 0. The van der Waals surface area contributed by atoms with E-state index in [1.165, 1.54) is 32.1 Å². The van der Waals surface area contributed by atoms with E-state index < -0.39 is 0 Å². The van der Waals surface area contributed by atoms with E-state index in [4.69, 9.17) is 0 Å². The zero-order chi connectivity index (χ0) is 9.40. The van der Waals surface area contributed by atoms with Crippen LogP contribution in [0, 0.1) is 5.92 Å². The molecule has 0 fully saturated rings. The Bertz CT molecular complexity index is 89.0. The lowest BCUT2D eigenvalue weighted by atomic mass is 10.0. The first-order chi connectivity index (χ1) is 5.66. The fraction of sp³-hybridized carbons (Fsp3) is 1.00. The molecule has 1 N–H and O–H groups in total. The third-order valence-electron chi connectivity index (χ3n) is 2.41. The van der Waals surface area contributed by atoms with E-state index in [-0.39, 0.29) is 0 Å². The number of hydrogen-bond acceptors (Lipinski definition) is 1. The van der Waals surface area contributed by atoms with Crippen LogP contribution in [-0.2, 0) is 0 Å². The van der Waals surface area contributed by atoms with Crippen LogP contribution in [-0.4, -0.2) is 13.1 Å². The SMILES string of the molecule is CNC(C)CCCCCC(C)C. The molecule has 0 aliphatic carbocycles. The number of rotatable bonds is 7. The van der Waals surface area contributed by atoms with Gasteiger partial charge in [0, 0.05) is 6.04 Å².